The Kier molecular flexibility index (Phi) is 3.42. The van der Waals surface area contributed by atoms with Crippen LogP contribution >= 0.6 is 11.6 Å². The van der Waals surface area contributed by atoms with Crippen molar-refractivity contribution in [2.24, 2.45) is 5.84 Å². The third kappa shape index (κ3) is 2.21. The lowest BCUT2D eigenvalue weighted by molar-refractivity contribution is 0.300. The van der Waals surface area contributed by atoms with Crippen molar-refractivity contribution in [2.75, 3.05) is 6.61 Å². The number of rotatable bonds is 3. The third-order valence-corrected chi connectivity index (χ3v) is 3.90. The van der Waals surface area contributed by atoms with E-state index in [4.69, 9.17) is 22.2 Å². The minimum atomic E-state index is -0.0580. The predicted molar refractivity (Wildman–Crippen MR) is 76.2 cm³/mol. The minimum Gasteiger partial charge on any atom is -0.493 e. The van der Waals surface area contributed by atoms with Crippen LogP contribution in [0.2, 0.25) is 5.02 Å². The number of hydrazine groups is 1. The van der Waals surface area contributed by atoms with E-state index in [0.29, 0.717) is 6.61 Å². The molecule has 2 unspecified atom stereocenters. The number of nitrogens with one attached hydrogen (secondary N) is 1. The molecule has 0 radical (unpaired) electrons. The van der Waals surface area contributed by atoms with Gasteiger partial charge in [0.05, 0.1) is 12.6 Å². The summed E-state index contributed by atoms with van der Waals surface area (Å²) in [5, 5.41) is 0.717. The monoisotopic (exact) mass is 274 g/mol. The zero-order valence-electron chi connectivity index (χ0n) is 10.3. The fourth-order valence-electron chi connectivity index (χ4n) is 2.61. The Hall–Kier alpha value is -1.55. The van der Waals surface area contributed by atoms with E-state index in [-0.39, 0.29) is 12.0 Å². The highest BCUT2D eigenvalue weighted by Gasteiger charge is 2.32. The van der Waals surface area contributed by atoms with Crippen LogP contribution in [-0.4, -0.2) is 6.61 Å². The van der Waals surface area contributed by atoms with Crippen molar-refractivity contribution in [3.05, 3.63) is 64.7 Å². The molecule has 2 aromatic carbocycles. The van der Waals surface area contributed by atoms with Gasteiger partial charge in [-0.1, -0.05) is 48.0 Å². The van der Waals surface area contributed by atoms with Gasteiger partial charge < -0.3 is 4.74 Å². The molecule has 0 amide bonds. The van der Waals surface area contributed by atoms with Gasteiger partial charge in [0.15, 0.2) is 0 Å². The zero-order chi connectivity index (χ0) is 13.2. The normalized spacial score (nSPS) is 18.7. The fraction of sp³-hybridized carbons (Fsp3) is 0.200. The molecule has 0 saturated carbocycles. The molecule has 98 valence electrons. The van der Waals surface area contributed by atoms with Gasteiger partial charge in [-0.25, -0.2) is 0 Å². The smallest absolute Gasteiger partial charge is 0.122 e. The van der Waals surface area contributed by atoms with Gasteiger partial charge in [-0.05, 0) is 17.7 Å². The predicted octanol–water partition coefficient (Wildman–Crippen LogP) is 3.02. The SMILES string of the molecule is NNC(c1ccccc1Cl)C1COc2ccccc21. The molecule has 1 heterocycles. The van der Waals surface area contributed by atoms with Gasteiger partial charge >= 0.3 is 0 Å². The lowest BCUT2D eigenvalue weighted by Crippen LogP contribution is -2.33. The summed E-state index contributed by atoms with van der Waals surface area (Å²) in [6.45, 7) is 0.611. The summed E-state index contributed by atoms with van der Waals surface area (Å²) in [4.78, 5) is 0. The molecule has 3 N–H and O–H groups in total. The minimum absolute atomic E-state index is 0.0580. The number of halogens is 1. The van der Waals surface area contributed by atoms with E-state index in [1.54, 1.807) is 0 Å². The molecular weight excluding hydrogens is 260 g/mol. The second kappa shape index (κ2) is 5.21. The van der Waals surface area contributed by atoms with Crippen molar-refractivity contribution in [1.29, 1.82) is 0 Å². The zero-order valence-corrected chi connectivity index (χ0v) is 11.1. The van der Waals surface area contributed by atoms with Gasteiger partial charge in [-0.15, -0.1) is 0 Å². The number of hydrogen-bond donors (Lipinski definition) is 2. The van der Waals surface area contributed by atoms with Crippen molar-refractivity contribution in [3.63, 3.8) is 0 Å². The molecular formula is C15H15ClN2O. The van der Waals surface area contributed by atoms with E-state index in [0.717, 1.165) is 16.3 Å². The average Bonchev–Trinajstić information content (AvgIpc) is 2.86. The number of hydrogen-bond acceptors (Lipinski definition) is 3. The Balaban J connectivity index is 1.99. The molecule has 0 fully saturated rings. The van der Waals surface area contributed by atoms with Gasteiger partial charge in [0.2, 0.25) is 0 Å². The van der Waals surface area contributed by atoms with Crippen LogP contribution in [0.4, 0.5) is 0 Å². The molecule has 0 spiro atoms. The molecule has 1 aliphatic heterocycles. The van der Waals surface area contributed by atoms with Crippen LogP contribution in [0.5, 0.6) is 5.75 Å². The van der Waals surface area contributed by atoms with E-state index in [1.807, 2.05) is 42.5 Å². The number of ether oxygens (including phenoxy) is 1. The van der Waals surface area contributed by atoms with E-state index in [9.17, 15) is 0 Å². The molecule has 2 atom stereocenters. The summed E-state index contributed by atoms with van der Waals surface area (Å²) >= 11 is 6.27. The van der Waals surface area contributed by atoms with Crippen molar-refractivity contribution >= 4 is 11.6 Å². The second-order valence-electron chi connectivity index (χ2n) is 4.62. The highest BCUT2D eigenvalue weighted by molar-refractivity contribution is 6.31. The van der Waals surface area contributed by atoms with Crippen LogP contribution in [0, 0.1) is 0 Å². The van der Waals surface area contributed by atoms with Crippen LogP contribution in [0.1, 0.15) is 23.1 Å². The van der Waals surface area contributed by atoms with Crippen LogP contribution < -0.4 is 16.0 Å². The molecule has 4 heteroatoms. The molecule has 3 nitrogen and oxygen atoms in total. The van der Waals surface area contributed by atoms with Crippen molar-refractivity contribution in [3.8, 4) is 5.75 Å². The Morgan fingerprint density at radius 3 is 2.68 bits per heavy atom. The Labute approximate surface area is 117 Å². The maximum absolute atomic E-state index is 6.27. The summed E-state index contributed by atoms with van der Waals surface area (Å²) in [5.74, 6) is 6.84. The second-order valence-corrected chi connectivity index (χ2v) is 5.03. The topological polar surface area (TPSA) is 47.3 Å². The Morgan fingerprint density at radius 1 is 1.16 bits per heavy atom. The Morgan fingerprint density at radius 2 is 1.89 bits per heavy atom. The maximum Gasteiger partial charge on any atom is 0.122 e. The molecule has 0 bridgehead atoms. The largest absolute Gasteiger partial charge is 0.493 e. The van der Waals surface area contributed by atoms with Crippen molar-refractivity contribution < 1.29 is 4.74 Å². The quantitative estimate of drug-likeness (QED) is 0.668. The van der Waals surface area contributed by atoms with Crippen LogP contribution in [0.3, 0.4) is 0 Å². The average molecular weight is 275 g/mol. The first kappa shape index (κ1) is 12.5. The molecule has 3 rings (SSSR count). The van der Waals surface area contributed by atoms with Crippen LogP contribution in [-0.2, 0) is 0 Å². The molecule has 0 aliphatic carbocycles. The van der Waals surface area contributed by atoms with E-state index in [1.165, 1.54) is 5.56 Å². The molecule has 2 aromatic rings. The number of nitrogens with two attached hydrogens (primary N) is 1. The summed E-state index contributed by atoms with van der Waals surface area (Å²) in [6.07, 6.45) is 0. The van der Waals surface area contributed by atoms with E-state index < -0.39 is 0 Å². The summed E-state index contributed by atoms with van der Waals surface area (Å²) in [5.41, 5.74) is 5.05. The molecule has 19 heavy (non-hydrogen) atoms. The van der Waals surface area contributed by atoms with Crippen molar-refractivity contribution in [1.82, 2.24) is 5.43 Å². The summed E-state index contributed by atoms with van der Waals surface area (Å²) < 4.78 is 5.72. The molecule has 0 aromatic heterocycles. The van der Waals surface area contributed by atoms with Gasteiger partial charge in [0.1, 0.15) is 5.75 Å². The highest BCUT2D eigenvalue weighted by atomic mass is 35.5. The lowest BCUT2D eigenvalue weighted by Gasteiger charge is -2.23. The van der Waals surface area contributed by atoms with E-state index >= 15 is 0 Å². The van der Waals surface area contributed by atoms with Gasteiger partial charge in [0.25, 0.3) is 0 Å². The van der Waals surface area contributed by atoms with Gasteiger partial charge in [-0.2, -0.15) is 0 Å². The molecule has 0 saturated heterocycles. The third-order valence-electron chi connectivity index (χ3n) is 3.56. The summed E-state index contributed by atoms with van der Waals surface area (Å²) in [7, 11) is 0. The number of fused-ring (bicyclic) bond motifs is 1. The van der Waals surface area contributed by atoms with Gasteiger partial charge in [0, 0.05) is 16.5 Å². The Bertz CT molecular complexity index is 588. The first-order valence-corrected chi connectivity index (χ1v) is 6.61. The lowest BCUT2D eigenvalue weighted by atomic mass is 9.89. The van der Waals surface area contributed by atoms with Gasteiger partial charge in [-0.3, -0.25) is 11.3 Å². The first-order chi connectivity index (χ1) is 9.31. The van der Waals surface area contributed by atoms with Crippen molar-refractivity contribution in [2.45, 2.75) is 12.0 Å². The van der Waals surface area contributed by atoms with Crippen LogP contribution in [0.15, 0.2) is 48.5 Å². The highest BCUT2D eigenvalue weighted by Crippen LogP contribution is 2.42. The fourth-order valence-corrected chi connectivity index (χ4v) is 2.87. The number of benzene rings is 2. The maximum atomic E-state index is 6.27. The first-order valence-electron chi connectivity index (χ1n) is 6.23. The number of para-hydroxylation sites is 1. The standard InChI is InChI=1S/C15H15ClN2O/c16-13-7-3-1-6-11(13)15(18-17)12-9-19-14-8-4-2-5-10(12)14/h1-8,12,15,18H,9,17H2. The summed E-state index contributed by atoms with van der Waals surface area (Å²) in [6, 6.07) is 15.7. The van der Waals surface area contributed by atoms with Crippen LogP contribution in [0.25, 0.3) is 0 Å². The molecule has 1 aliphatic rings. The van der Waals surface area contributed by atoms with E-state index in [2.05, 4.69) is 11.5 Å².